The van der Waals surface area contributed by atoms with Crippen molar-refractivity contribution < 1.29 is 4.79 Å². The minimum absolute atomic E-state index is 0.0366. The maximum atomic E-state index is 13.8. The first kappa shape index (κ1) is 19.9. The van der Waals surface area contributed by atoms with Crippen LogP contribution in [0.25, 0.3) is 10.9 Å². The van der Waals surface area contributed by atoms with Crippen molar-refractivity contribution in [3.8, 4) is 0 Å². The molecule has 2 heterocycles. The summed E-state index contributed by atoms with van der Waals surface area (Å²) in [6.45, 7) is 4.14. The largest absolute Gasteiger partial charge is 0.331 e. The van der Waals surface area contributed by atoms with Crippen LogP contribution in [0.15, 0.2) is 29.2 Å². The number of nitrogens with one attached hydrogen (secondary N) is 2. The van der Waals surface area contributed by atoms with E-state index in [4.69, 9.17) is 0 Å². The average Bonchev–Trinajstić information content (AvgIpc) is 3.37. The average molecular weight is 457 g/mol. The van der Waals surface area contributed by atoms with Crippen LogP contribution in [0.1, 0.15) is 58.4 Å². The molecule has 6 nitrogen and oxygen atoms in total. The number of carbonyl (C=O) groups excluding carboxylic acids is 1. The summed E-state index contributed by atoms with van der Waals surface area (Å²) in [6.07, 6.45) is 5.88. The van der Waals surface area contributed by atoms with Crippen LogP contribution in [0.4, 0.5) is 0 Å². The zero-order valence-corrected chi connectivity index (χ0v) is 18.3. The van der Waals surface area contributed by atoms with Crippen molar-refractivity contribution in [3.05, 3.63) is 62.7 Å². The van der Waals surface area contributed by atoms with Crippen LogP contribution < -0.4 is 5.56 Å². The van der Waals surface area contributed by atoms with Gasteiger partial charge in [0.1, 0.15) is 0 Å². The van der Waals surface area contributed by atoms with Gasteiger partial charge in [0.15, 0.2) is 0 Å². The third kappa shape index (κ3) is 3.88. The van der Waals surface area contributed by atoms with Crippen molar-refractivity contribution in [2.45, 2.75) is 57.4 Å². The van der Waals surface area contributed by atoms with Crippen molar-refractivity contribution in [1.29, 1.82) is 0 Å². The summed E-state index contributed by atoms with van der Waals surface area (Å²) in [5.74, 6) is -0.0366. The number of pyridine rings is 1. The van der Waals surface area contributed by atoms with E-state index in [0.29, 0.717) is 23.0 Å². The minimum atomic E-state index is -0.110. The third-order valence-electron chi connectivity index (χ3n) is 5.85. The Hall–Kier alpha value is -2.41. The molecule has 2 aromatic heterocycles. The van der Waals surface area contributed by atoms with Crippen molar-refractivity contribution in [1.82, 2.24) is 20.1 Å². The first-order valence-electron chi connectivity index (χ1n) is 10.00. The lowest BCUT2D eigenvalue weighted by Gasteiger charge is -2.30. The summed E-state index contributed by atoms with van der Waals surface area (Å²) in [5.41, 5.74) is 4.81. The Labute approximate surface area is 177 Å². The number of alkyl halides is 1. The van der Waals surface area contributed by atoms with Crippen molar-refractivity contribution in [2.24, 2.45) is 0 Å². The molecule has 1 fully saturated rings. The molecule has 1 saturated carbocycles. The Kier molecular flexibility index (Phi) is 5.58. The fourth-order valence-corrected chi connectivity index (χ4v) is 4.67. The number of nitrogens with zero attached hydrogens (tertiary/aromatic N) is 2. The van der Waals surface area contributed by atoms with E-state index in [1.807, 2.05) is 36.9 Å². The number of hydrogen-bond donors (Lipinski definition) is 2. The summed E-state index contributed by atoms with van der Waals surface area (Å²) in [7, 11) is 0. The van der Waals surface area contributed by atoms with Gasteiger partial charge in [0, 0.05) is 28.0 Å². The fraction of sp³-hybridized carbons (Fsp3) is 0.409. The quantitative estimate of drug-likeness (QED) is 0.559. The highest BCUT2D eigenvalue weighted by Gasteiger charge is 2.30. The van der Waals surface area contributed by atoms with Gasteiger partial charge in [0.25, 0.3) is 11.5 Å². The molecular formula is C22H25BrN4O2. The first-order chi connectivity index (χ1) is 14.0. The van der Waals surface area contributed by atoms with Gasteiger partial charge in [0.2, 0.25) is 0 Å². The number of H-pyrrole nitrogens is 2. The monoisotopic (exact) mass is 456 g/mol. The molecular weight excluding hydrogens is 432 g/mol. The van der Waals surface area contributed by atoms with E-state index < -0.39 is 0 Å². The zero-order valence-electron chi connectivity index (χ0n) is 16.7. The van der Waals surface area contributed by atoms with E-state index in [-0.39, 0.29) is 17.5 Å². The van der Waals surface area contributed by atoms with Gasteiger partial charge in [-0.3, -0.25) is 14.7 Å². The van der Waals surface area contributed by atoms with Crippen LogP contribution in [0.2, 0.25) is 0 Å². The molecule has 29 heavy (non-hydrogen) atoms. The molecule has 0 unspecified atom stereocenters. The second-order valence-electron chi connectivity index (χ2n) is 7.92. The Balaban J connectivity index is 1.78. The first-order valence-corrected chi connectivity index (χ1v) is 11.1. The topological polar surface area (TPSA) is 81.8 Å². The number of carbonyl (C=O) groups is 1. The van der Waals surface area contributed by atoms with E-state index >= 15 is 0 Å². The highest BCUT2D eigenvalue weighted by atomic mass is 79.9. The van der Waals surface area contributed by atoms with Crippen LogP contribution in [0.3, 0.4) is 0 Å². The van der Waals surface area contributed by atoms with Gasteiger partial charge in [-0.15, -0.1) is 0 Å². The second-order valence-corrected chi connectivity index (χ2v) is 8.48. The number of benzene rings is 1. The van der Waals surface area contributed by atoms with Gasteiger partial charge < -0.3 is 9.88 Å². The number of rotatable bonds is 5. The molecule has 0 spiro atoms. The van der Waals surface area contributed by atoms with Gasteiger partial charge in [0.05, 0.1) is 23.8 Å². The Morgan fingerprint density at radius 1 is 1.24 bits per heavy atom. The zero-order chi connectivity index (χ0) is 20.5. The molecule has 0 aliphatic heterocycles. The molecule has 1 aliphatic rings. The lowest BCUT2D eigenvalue weighted by molar-refractivity contribution is 0.0665. The molecule has 3 aromatic rings. The molecule has 1 aliphatic carbocycles. The lowest BCUT2D eigenvalue weighted by atomic mass is 10.0. The molecule has 1 amide bonds. The number of hydrogen-bond acceptors (Lipinski definition) is 3. The molecule has 0 saturated heterocycles. The van der Waals surface area contributed by atoms with E-state index in [0.717, 1.165) is 53.4 Å². The molecule has 0 atom stereocenters. The Morgan fingerprint density at radius 3 is 2.69 bits per heavy atom. The van der Waals surface area contributed by atoms with E-state index in [2.05, 4.69) is 31.1 Å². The number of amides is 1. The van der Waals surface area contributed by atoms with Crippen LogP contribution in [-0.4, -0.2) is 32.0 Å². The van der Waals surface area contributed by atoms with Crippen LogP contribution >= 0.6 is 15.9 Å². The number of halogens is 1. The van der Waals surface area contributed by atoms with Gasteiger partial charge in [-0.25, -0.2) is 0 Å². The Morgan fingerprint density at radius 2 is 2.00 bits per heavy atom. The fourth-order valence-electron chi connectivity index (χ4n) is 4.35. The van der Waals surface area contributed by atoms with E-state index in [9.17, 15) is 9.59 Å². The smallest absolute Gasteiger partial charge is 0.255 e. The molecule has 4 rings (SSSR count). The summed E-state index contributed by atoms with van der Waals surface area (Å²) in [4.78, 5) is 31.2. The maximum absolute atomic E-state index is 13.8. The lowest BCUT2D eigenvalue weighted by Crippen LogP contribution is -2.40. The normalized spacial score (nSPS) is 14.6. The number of fused-ring (bicyclic) bond motifs is 1. The predicted molar refractivity (Wildman–Crippen MR) is 117 cm³/mol. The van der Waals surface area contributed by atoms with Gasteiger partial charge in [-0.1, -0.05) is 28.8 Å². The van der Waals surface area contributed by atoms with Gasteiger partial charge in [-0.2, -0.15) is 5.10 Å². The van der Waals surface area contributed by atoms with Crippen LogP contribution in [0.5, 0.6) is 0 Å². The molecule has 0 radical (unpaired) electrons. The molecule has 0 bridgehead atoms. The molecule has 2 N–H and O–H groups in total. The second kappa shape index (κ2) is 8.14. The van der Waals surface area contributed by atoms with Gasteiger partial charge >= 0.3 is 0 Å². The van der Waals surface area contributed by atoms with Gasteiger partial charge in [-0.05, 0) is 56.0 Å². The summed E-state index contributed by atoms with van der Waals surface area (Å²) in [5, 5.41) is 8.58. The summed E-state index contributed by atoms with van der Waals surface area (Å²) >= 11 is 3.49. The minimum Gasteiger partial charge on any atom is -0.331 e. The number of aromatic nitrogens is 3. The summed E-state index contributed by atoms with van der Waals surface area (Å²) in [6, 6.07) is 6.05. The van der Waals surface area contributed by atoms with Crippen LogP contribution in [-0.2, 0) is 11.9 Å². The third-order valence-corrected chi connectivity index (χ3v) is 6.50. The predicted octanol–water partition coefficient (Wildman–Crippen LogP) is 4.35. The number of aryl methyl sites for hydroxylation is 2. The van der Waals surface area contributed by atoms with Crippen molar-refractivity contribution in [3.63, 3.8) is 0 Å². The molecule has 1 aromatic carbocycles. The highest BCUT2D eigenvalue weighted by Crippen LogP contribution is 2.29. The maximum Gasteiger partial charge on any atom is 0.255 e. The standard InChI is InChI=1S/C22H25BrN4O2/c1-13-7-14(2)25-21(28)19(13)12-27(16-5-3-4-6-16)22(29)17-8-15(10-23)9-20-18(17)11-24-26-20/h7-9,11,16H,3-6,10,12H2,1-2H3,(H,24,26)(H,25,28). The Bertz CT molecular complexity index is 1110. The SMILES string of the molecule is Cc1cc(C)c(CN(C(=O)c2cc(CBr)cc3[nH]ncc23)C2CCCC2)c(=O)[nH]1. The van der Waals surface area contributed by atoms with E-state index in [1.165, 1.54) is 0 Å². The molecule has 152 valence electrons. The number of aromatic amines is 2. The van der Waals surface area contributed by atoms with E-state index in [1.54, 1.807) is 6.20 Å². The summed E-state index contributed by atoms with van der Waals surface area (Å²) < 4.78 is 0. The van der Waals surface area contributed by atoms with Crippen molar-refractivity contribution in [2.75, 3.05) is 0 Å². The molecule has 7 heteroatoms. The van der Waals surface area contributed by atoms with Crippen molar-refractivity contribution >= 4 is 32.7 Å². The highest BCUT2D eigenvalue weighted by molar-refractivity contribution is 9.08. The van der Waals surface area contributed by atoms with Crippen LogP contribution in [0, 0.1) is 13.8 Å².